The molecule has 5 nitrogen and oxygen atoms in total. The van der Waals surface area contributed by atoms with Crippen molar-refractivity contribution in [1.82, 2.24) is 15.5 Å². The maximum absolute atomic E-state index is 13.4. The molecule has 0 bridgehead atoms. The van der Waals surface area contributed by atoms with E-state index in [2.05, 4.69) is 17.6 Å². The van der Waals surface area contributed by atoms with Crippen LogP contribution in [-0.4, -0.2) is 55.7 Å². The van der Waals surface area contributed by atoms with Crippen LogP contribution in [-0.2, 0) is 4.79 Å². The number of rotatable bonds is 6. The van der Waals surface area contributed by atoms with E-state index >= 15 is 0 Å². The normalized spacial score (nSPS) is 32.1. The van der Waals surface area contributed by atoms with Crippen molar-refractivity contribution in [2.75, 3.05) is 32.7 Å². The lowest BCUT2D eigenvalue weighted by atomic mass is 10.2. The van der Waals surface area contributed by atoms with E-state index in [1.54, 1.807) is 0 Å². The van der Waals surface area contributed by atoms with Gasteiger partial charge in [-0.05, 0) is 30.9 Å². The lowest BCUT2D eigenvalue weighted by Crippen LogP contribution is -2.57. The second kappa shape index (κ2) is 7.13. The molecular formula is C19H26F3N3O2. The Balaban J connectivity index is 1.30. The van der Waals surface area contributed by atoms with Crippen LogP contribution in [0.25, 0.3) is 0 Å². The van der Waals surface area contributed by atoms with Crippen LogP contribution in [0.3, 0.4) is 0 Å². The lowest BCUT2D eigenvalue weighted by Gasteiger charge is -2.35. The highest BCUT2D eigenvalue weighted by atomic mass is 19.4. The number of nitrogens with one attached hydrogen (secondary N) is 2. The summed E-state index contributed by atoms with van der Waals surface area (Å²) in [6.07, 6.45) is -2.58. The first-order valence-corrected chi connectivity index (χ1v) is 9.73. The number of amides is 1. The third-order valence-electron chi connectivity index (χ3n) is 6.05. The smallest absolute Gasteiger partial charge is 0.405 e. The highest BCUT2D eigenvalue weighted by Crippen LogP contribution is 2.52. The molecule has 2 aliphatic carbocycles. The number of carbonyl (C=O) groups excluding carboxylic acids is 1. The average molecular weight is 385 g/mol. The van der Waals surface area contributed by atoms with E-state index in [0.717, 1.165) is 17.9 Å². The van der Waals surface area contributed by atoms with Crippen molar-refractivity contribution in [3.63, 3.8) is 0 Å². The summed E-state index contributed by atoms with van der Waals surface area (Å²) in [6.45, 7) is 3.52. The number of piperazine rings is 1. The summed E-state index contributed by atoms with van der Waals surface area (Å²) in [7, 11) is 0. The van der Waals surface area contributed by atoms with Gasteiger partial charge in [0.2, 0.25) is 5.91 Å². The van der Waals surface area contributed by atoms with Gasteiger partial charge < -0.3 is 15.1 Å². The quantitative estimate of drug-likeness (QED) is 0.790. The molecule has 1 aromatic heterocycles. The topological polar surface area (TPSA) is 57.5 Å². The number of hydrogen-bond donors (Lipinski definition) is 2. The second-order valence-corrected chi connectivity index (χ2v) is 8.10. The minimum Gasteiger partial charge on any atom is -0.465 e. The van der Waals surface area contributed by atoms with E-state index in [9.17, 15) is 18.0 Å². The maximum Gasteiger partial charge on any atom is 0.405 e. The Morgan fingerprint density at radius 2 is 1.89 bits per heavy atom. The van der Waals surface area contributed by atoms with Gasteiger partial charge in [0.05, 0.1) is 0 Å². The Morgan fingerprint density at radius 3 is 2.48 bits per heavy atom. The monoisotopic (exact) mass is 385 g/mol. The van der Waals surface area contributed by atoms with Crippen LogP contribution in [0.1, 0.15) is 43.1 Å². The number of carbonyl (C=O) groups is 1. The fourth-order valence-electron chi connectivity index (χ4n) is 4.06. The molecule has 5 atom stereocenters. The Kier molecular flexibility index (Phi) is 4.96. The van der Waals surface area contributed by atoms with Gasteiger partial charge in [-0.1, -0.05) is 6.92 Å². The maximum atomic E-state index is 13.4. The molecule has 8 heteroatoms. The van der Waals surface area contributed by atoms with Gasteiger partial charge in [0.25, 0.3) is 0 Å². The van der Waals surface area contributed by atoms with Gasteiger partial charge in [0.15, 0.2) is 0 Å². The molecule has 2 saturated carbocycles. The molecule has 1 saturated heterocycles. The highest BCUT2D eigenvalue weighted by molar-refractivity contribution is 5.82. The first-order chi connectivity index (χ1) is 12.8. The minimum atomic E-state index is -4.36. The van der Waals surface area contributed by atoms with Crippen molar-refractivity contribution in [1.29, 1.82) is 0 Å². The van der Waals surface area contributed by atoms with Gasteiger partial charge in [-0.3, -0.25) is 9.69 Å². The van der Waals surface area contributed by atoms with Crippen LogP contribution in [0.4, 0.5) is 13.2 Å². The number of alkyl halides is 3. The summed E-state index contributed by atoms with van der Waals surface area (Å²) in [5.41, 5.74) is 0. The van der Waals surface area contributed by atoms with Crippen LogP contribution in [0.2, 0.25) is 0 Å². The fraction of sp³-hybridized carbons (Fsp3) is 0.737. The van der Waals surface area contributed by atoms with Crippen LogP contribution in [0.15, 0.2) is 16.5 Å². The van der Waals surface area contributed by atoms with E-state index in [1.165, 1.54) is 4.90 Å². The summed E-state index contributed by atoms with van der Waals surface area (Å²) in [4.78, 5) is 13.8. The summed E-state index contributed by atoms with van der Waals surface area (Å²) in [5.74, 6) is 2.30. The molecule has 1 amide bonds. The van der Waals surface area contributed by atoms with Crippen molar-refractivity contribution in [3.8, 4) is 0 Å². The van der Waals surface area contributed by atoms with Crippen molar-refractivity contribution in [2.24, 2.45) is 11.8 Å². The predicted molar refractivity (Wildman–Crippen MR) is 93.4 cm³/mol. The van der Waals surface area contributed by atoms with Crippen molar-refractivity contribution in [2.45, 2.75) is 43.8 Å². The van der Waals surface area contributed by atoms with Gasteiger partial charge in [0, 0.05) is 50.5 Å². The first kappa shape index (κ1) is 18.8. The van der Waals surface area contributed by atoms with E-state index in [-0.39, 0.29) is 17.7 Å². The van der Waals surface area contributed by atoms with Gasteiger partial charge >= 0.3 is 6.18 Å². The van der Waals surface area contributed by atoms with Crippen molar-refractivity contribution >= 4 is 5.91 Å². The molecule has 27 heavy (non-hydrogen) atoms. The van der Waals surface area contributed by atoms with Gasteiger partial charge in [-0.15, -0.1) is 0 Å². The zero-order valence-electron chi connectivity index (χ0n) is 15.4. The average Bonchev–Trinajstić information content (AvgIpc) is 3.52. The molecule has 0 radical (unpaired) electrons. The van der Waals surface area contributed by atoms with Crippen LogP contribution < -0.4 is 10.6 Å². The zero-order chi connectivity index (χ0) is 19.2. The van der Waals surface area contributed by atoms with Crippen LogP contribution in [0.5, 0.6) is 0 Å². The van der Waals surface area contributed by atoms with Gasteiger partial charge in [-0.25, -0.2) is 0 Å². The molecule has 5 unspecified atom stereocenters. The molecule has 2 N–H and O–H groups in total. The van der Waals surface area contributed by atoms with Crippen molar-refractivity contribution < 1.29 is 22.4 Å². The molecule has 150 valence electrons. The Hall–Kier alpha value is -1.54. The number of furan rings is 1. The first-order valence-electron chi connectivity index (χ1n) is 9.73. The van der Waals surface area contributed by atoms with E-state index in [1.807, 2.05) is 12.1 Å². The van der Waals surface area contributed by atoms with Gasteiger partial charge in [0.1, 0.15) is 17.6 Å². The Bertz CT molecular complexity index is 684. The summed E-state index contributed by atoms with van der Waals surface area (Å²) < 4.78 is 46.1. The Labute approximate surface area is 156 Å². The molecule has 3 aliphatic rings. The Morgan fingerprint density at radius 1 is 1.26 bits per heavy atom. The molecule has 1 aromatic rings. The van der Waals surface area contributed by atoms with Crippen LogP contribution >= 0.6 is 0 Å². The standard InChI is InChI=1S/C19H26F3N3O2/c1-11-8-12(11)15-2-3-16(27-15)13-9-14(13)18(26)24-10-17(19(20,21)22)25-6-4-23-5-7-25/h2-3,11-14,17,23H,4-10H2,1H3,(H,24,26). The molecule has 3 fully saturated rings. The summed E-state index contributed by atoms with van der Waals surface area (Å²) >= 11 is 0. The molecular weight excluding hydrogens is 359 g/mol. The van der Waals surface area contributed by atoms with E-state index in [0.29, 0.717) is 44.4 Å². The van der Waals surface area contributed by atoms with Gasteiger partial charge in [-0.2, -0.15) is 13.2 Å². The highest BCUT2D eigenvalue weighted by Gasteiger charge is 2.48. The number of hydrogen-bond acceptors (Lipinski definition) is 4. The van der Waals surface area contributed by atoms with Crippen LogP contribution in [0, 0.1) is 11.8 Å². The fourth-order valence-corrected chi connectivity index (χ4v) is 4.06. The zero-order valence-corrected chi connectivity index (χ0v) is 15.4. The minimum absolute atomic E-state index is 0.00340. The van der Waals surface area contributed by atoms with E-state index in [4.69, 9.17) is 4.42 Å². The third kappa shape index (κ3) is 4.16. The predicted octanol–water partition coefficient (Wildman–Crippen LogP) is 2.46. The molecule has 0 aromatic carbocycles. The summed E-state index contributed by atoms with van der Waals surface area (Å²) in [6, 6.07) is 2.26. The molecule has 2 heterocycles. The third-order valence-corrected chi connectivity index (χ3v) is 6.05. The largest absolute Gasteiger partial charge is 0.465 e. The second-order valence-electron chi connectivity index (χ2n) is 8.10. The molecule has 0 spiro atoms. The lowest BCUT2D eigenvalue weighted by molar-refractivity contribution is -0.184. The summed E-state index contributed by atoms with van der Waals surface area (Å²) in [5, 5.41) is 5.58. The number of nitrogens with zero attached hydrogens (tertiary/aromatic N) is 1. The molecule has 4 rings (SSSR count). The number of halogens is 3. The molecule has 1 aliphatic heterocycles. The van der Waals surface area contributed by atoms with E-state index < -0.39 is 18.8 Å². The van der Waals surface area contributed by atoms with Crippen molar-refractivity contribution in [3.05, 3.63) is 23.7 Å². The SMILES string of the molecule is CC1CC1c1ccc(C2CC2C(=O)NCC(N2CCNCC2)C(F)(F)F)o1.